The maximum Gasteiger partial charge on any atom is 0.257 e. The van der Waals surface area contributed by atoms with Crippen LogP contribution in [0.25, 0.3) is 0 Å². The molecule has 1 aromatic carbocycles. The number of methoxy groups -OCH3 is 1. The topological polar surface area (TPSA) is 58.2 Å². The maximum absolute atomic E-state index is 12.3. The van der Waals surface area contributed by atoms with Crippen LogP contribution in [-0.2, 0) is 6.54 Å². The minimum Gasteiger partial charge on any atom is -0.496 e. The van der Waals surface area contributed by atoms with E-state index in [0.717, 1.165) is 21.5 Å². The molecule has 0 unspecified atom stereocenters. The van der Waals surface area contributed by atoms with Gasteiger partial charge in [-0.2, -0.15) is 5.10 Å². The SMILES string of the molecule is COc1ccc(Br)cc1CN(C)C(=O)c1cn[nH]c1C. The van der Waals surface area contributed by atoms with Gasteiger partial charge in [0.2, 0.25) is 0 Å². The number of aromatic amines is 1. The van der Waals surface area contributed by atoms with Crippen LogP contribution in [0.4, 0.5) is 0 Å². The van der Waals surface area contributed by atoms with Crippen molar-refractivity contribution in [3.05, 3.63) is 45.7 Å². The minimum absolute atomic E-state index is 0.0710. The maximum atomic E-state index is 12.3. The van der Waals surface area contributed by atoms with Gasteiger partial charge in [-0.25, -0.2) is 0 Å². The molecule has 0 fully saturated rings. The van der Waals surface area contributed by atoms with Crippen molar-refractivity contribution in [3.63, 3.8) is 0 Å². The van der Waals surface area contributed by atoms with Gasteiger partial charge in [0.05, 0.1) is 18.9 Å². The number of nitrogens with one attached hydrogen (secondary N) is 1. The van der Waals surface area contributed by atoms with Crippen molar-refractivity contribution in [3.8, 4) is 5.75 Å². The molecule has 1 aromatic heterocycles. The van der Waals surface area contributed by atoms with E-state index in [4.69, 9.17) is 4.74 Å². The normalized spacial score (nSPS) is 10.4. The van der Waals surface area contributed by atoms with Crippen LogP contribution in [0.15, 0.2) is 28.9 Å². The highest BCUT2D eigenvalue weighted by molar-refractivity contribution is 9.10. The lowest BCUT2D eigenvalue weighted by Gasteiger charge is -2.18. The third kappa shape index (κ3) is 3.01. The largest absolute Gasteiger partial charge is 0.496 e. The van der Waals surface area contributed by atoms with E-state index >= 15 is 0 Å². The summed E-state index contributed by atoms with van der Waals surface area (Å²) in [5.74, 6) is 0.690. The lowest BCUT2D eigenvalue weighted by atomic mass is 10.1. The molecule has 1 amide bonds. The predicted octanol–water partition coefficient (Wildman–Crippen LogP) is 2.76. The van der Waals surface area contributed by atoms with E-state index in [1.165, 1.54) is 0 Å². The summed E-state index contributed by atoms with van der Waals surface area (Å²) in [6.07, 6.45) is 1.55. The van der Waals surface area contributed by atoms with Crippen molar-refractivity contribution in [1.29, 1.82) is 0 Å². The van der Waals surface area contributed by atoms with Crippen molar-refractivity contribution in [2.75, 3.05) is 14.2 Å². The third-order valence-corrected chi connectivity index (χ3v) is 3.55. The Hall–Kier alpha value is -1.82. The fraction of sp³-hybridized carbons (Fsp3) is 0.286. The summed E-state index contributed by atoms with van der Waals surface area (Å²) in [6, 6.07) is 5.73. The average Bonchev–Trinajstić information content (AvgIpc) is 2.84. The Kier molecular flexibility index (Phi) is 4.44. The fourth-order valence-corrected chi connectivity index (χ4v) is 2.38. The molecule has 1 heterocycles. The number of nitrogens with zero attached hydrogens (tertiary/aromatic N) is 2. The van der Waals surface area contributed by atoms with Gasteiger partial charge in [-0.3, -0.25) is 9.89 Å². The molecule has 0 radical (unpaired) electrons. The molecule has 0 aliphatic heterocycles. The zero-order valence-corrected chi connectivity index (χ0v) is 13.2. The molecule has 0 bridgehead atoms. The highest BCUT2D eigenvalue weighted by atomic mass is 79.9. The summed E-state index contributed by atoms with van der Waals surface area (Å²) in [5, 5.41) is 6.65. The van der Waals surface area contributed by atoms with Crippen LogP contribution in [0.3, 0.4) is 0 Å². The summed E-state index contributed by atoms with van der Waals surface area (Å²) in [6.45, 7) is 2.29. The number of benzene rings is 1. The fourth-order valence-electron chi connectivity index (χ4n) is 1.97. The van der Waals surface area contributed by atoms with E-state index in [1.54, 1.807) is 25.3 Å². The summed E-state index contributed by atoms with van der Waals surface area (Å²) < 4.78 is 6.27. The Morgan fingerprint density at radius 3 is 2.85 bits per heavy atom. The smallest absolute Gasteiger partial charge is 0.257 e. The van der Waals surface area contributed by atoms with E-state index in [-0.39, 0.29) is 5.91 Å². The first-order chi connectivity index (χ1) is 9.52. The Morgan fingerprint density at radius 1 is 1.50 bits per heavy atom. The second-order valence-electron chi connectivity index (χ2n) is 4.53. The van der Waals surface area contributed by atoms with Gasteiger partial charge in [-0.05, 0) is 25.1 Å². The van der Waals surface area contributed by atoms with Crippen molar-refractivity contribution in [1.82, 2.24) is 15.1 Å². The van der Waals surface area contributed by atoms with Gasteiger partial charge in [0.25, 0.3) is 5.91 Å². The molecule has 0 aliphatic carbocycles. The van der Waals surface area contributed by atoms with Gasteiger partial charge in [0, 0.05) is 29.3 Å². The molecule has 0 saturated carbocycles. The first-order valence-electron chi connectivity index (χ1n) is 6.10. The van der Waals surface area contributed by atoms with Gasteiger partial charge >= 0.3 is 0 Å². The number of aromatic nitrogens is 2. The summed E-state index contributed by atoms with van der Waals surface area (Å²) in [4.78, 5) is 14.0. The monoisotopic (exact) mass is 337 g/mol. The molecule has 0 aliphatic rings. The number of aryl methyl sites for hydroxylation is 1. The van der Waals surface area contributed by atoms with E-state index in [0.29, 0.717) is 12.1 Å². The van der Waals surface area contributed by atoms with Gasteiger partial charge in [-0.1, -0.05) is 15.9 Å². The van der Waals surface area contributed by atoms with E-state index < -0.39 is 0 Å². The van der Waals surface area contributed by atoms with Crippen LogP contribution >= 0.6 is 15.9 Å². The van der Waals surface area contributed by atoms with E-state index in [1.807, 2.05) is 25.1 Å². The molecule has 6 heteroatoms. The zero-order valence-electron chi connectivity index (χ0n) is 11.6. The molecular formula is C14H16BrN3O2. The number of ether oxygens (including phenoxy) is 1. The van der Waals surface area contributed by atoms with E-state index in [9.17, 15) is 4.79 Å². The van der Waals surface area contributed by atoms with Crippen molar-refractivity contribution in [2.24, 2.45) is 0 Å². The average molecular weight is 338 g/mol. The van der Waals surface area contributed by atoms with Crippen LogP contribution in [-0.4, -0.2) is 35.2 Å². The molecule has 0 saturated heterocycles. The molecule has 0 spiro atoms. The van der Waals surface area contributed by atoms with Crippen LogP contribution in [0.2, 0.25) is 0 Å². The third-order valence-electron chi connectivity index (χ3n) is 3.06. The number of hydrogen-bond donors (Lipinski definition) is 1. The Morgan fingerprint density at radius 2 is 2.25 bits per heavy atom. The number of H-pyrrole nitrogens is 1. The van der Waals surface area contributed by atoms with E-state index in [2.05, 4.69) is 26.1 Å². The lowest BCUT2D eigenvalue weighted by Crippen LogP contribution is -2.26. The number of halogens is 1. The molecule has 106 valence electrons. The number of hydrogen-bond acceptors (Lipinski definition) is 3. The van der Waals surface area contributed by atoms with Crippen LogP contribution in [0.1, 0.15) is 21.6 Å². The molecule has 2 rings (SSSR count). The Bertz CT molecular complexity index is 625. The zero-order chi connectivity index (χ0) is 14.7. The van der Waals surface area contributed by atoms with Crippen LogP contribution in [0.5, 0.6) is 5.75 Å². The number of rotatable bonds is 4. The molecule has 20 heavy (non-hydrogen) atoms. The highest BCUT2D eigenvalue weighted by Gasteiger charge is 2.17. The van der Waals surface area contributed by atoms with Gasteiger partial charge < -0.3 is 9.64 Å². The predicted molar refractivity (Wildman–Crippen MR) is 79.8 cm³/mol. The second-order valence-corrected chi connectivity index (χ2v) is 5.44. The molecule has 2 aromatic rings. The quantitative estimate of drug-likeness (QED) is 0.933. The molecule has 1 N–H and O–H groups in total. The van der Waals surface area contributed by atoms with Gasteiger partial charge in [0.1, 0.15) is 5.75 Å². The standard InChI is InChI=1S/C14H16BrN3O2/c1-9-12(7-16-17-9)14(19)18(2)8-10-6-11(15)4-5-13(10)20-3/h4-7H,8H2,1-3H3,(H,16,17). The van der Waals surface area contributed by atoms with Gasteiger partial charge in [0.15, 0.2) is 0 Å². The number of carbonyl (C=O) groups excluding carboxylic acids is 1. The summed E-state index contributed by atoms with van der Waals surface area (Å²) >= 11 is 3.43. The first-order valence-corrected chi connectivity index (χ1v) is 6.90. The minimum atomic E-state index is -0.0710. The Balaban J connectivity index is 2.20. The van der Waals surface area contributed by atoms with Crippen LogP contribution in [0, 0.1) is 6.92 Å². The van der Waals surface area contributed by atoms with Crippen molar-refractivity contribution >= 4 is 21.8 Å². The summed E-state index contributed by atoms with van der Waals surface area (Å²) in [7, 11) is 3.38. The van der Waals surface area contributed by atoms with Gasteiger partial charge in [-0.15, -0.1) is 0 Å². The number of carbonyl (C=O) groups is 1. The van der Waals surface area contributed by atoms with Crippen LogP contribution < -0.4 is 4.74 Å². The second kappa shape index (κ2) is 6.09. The lowest BCUT2D eigenvalue weighted by molar-refractivity contribution is 0.0783. The highest BCUT2D eigenvalue weighted by Crippen LogP contribution is 2.24. The molecular weight excluding hydrogens is 322 g/mol. The van der Waals surface area contributed by atoms with Crippen molar-refractivity contribution in [2.45, 2.75) is 13.5 Å². The number of amides is 1. The molecule has 0 atom stereocenters. The first kappa shape index (κ1) is 14.6. The summed E-state index contributed by atoms with van der Waals surface area (Å²) in [5.41, 5.74) is 2.29. The Labute approximate surface area is 126 Å². The molecule has 5 nitrogen and oxygen atoms in total. The van der Waals surface area contributed by atoms with Crippen molar-refractivity contribution < 1.29 is 9.53 Å².